The molecule has 2 aliphatic carbocycles. The molecule has 4 aliphatic heterocycles. The van der Waals surface area contributed by atoms with Crippen molar-refractivity contribution in [1.82, 2.24) is 60.0 Å². The normalized spacial score (nSPS) is 26.3. The molecule has 6 fully saturated rings. The maximum absolute atomic E-state index is 15.7. The fourth-order valence-corrected chi connectivity index (χ4v) is 16.2. The predicted octanol–water partition coefficient (Wildman–Crippen LogP) is 6.09. The van der Waals surface area contributed by atoms with Crippen LogP contribution >= 0.6 is 11.6 Å². The Morgan fingerprint density at radius 1 is 0.607 bits per heavy atom. The highest BCUT2D eigenvalue weighted by molar-refractivity contribution is 6.31. The minimum Gasteiger partial charge on any atom is -0.378 e. The van der Waals surface area contributed by atoms with Crippen LogP contribution in [0.3, 0.4) is 0 Å². The lowest BCUT2D eigenvalue weighted by Crippen LogP contribution is -2.65. The number of nitrogens with one attached hydrogen (secondary N) is 3. The minimum atomic E-state index is -4.81. The topological polar surface area (TPSA) is 279 Å². The third kappa shape index (κ3) is 20.4. The van der Waals surface area contributed by atoms with Crippen LogP contribution in [0, 0.1) is 17.8 Å². The number of fused-ring (bicyclic) bond motifs is 3. The first-order chi connectivity index (χ1) is 50.4. The standard InChI is InChI=1S/C75H105ClF6N12O13/c1-11-46(4)62-70(104)87(6)44-61(97)88(7)55-21-14-17-33-94(69(55)103)58(41-48-23-27-50(28-24-48)74(77,78)79)67(101)86(5)43-59(95)83-53(30-26-47-25-29-51(52(76)40-47)75(80,81)82)66(100)93-34-18-22-54(93)65(99)85-73(31-15-16-32-73)72(106)91(10)63(49-19-12-13-20-49)71(105)90(9)57(68(102)92-35-37-107-38-36-92)42-60(96)89(8)56(39-45(2)3)64(98)84-62/h23-25,27-29,40,45-46,49,53-58,62-63H,11-22,26,30-39,41-44H2,1-10H3,(H,83,95)(H,84,98)(H,85,99)/t46-,53-,54-,55-,56-,57-,58-,62-,63-/m0/s1. The second-order valence-corrected chi connectivity index (χ2v) is 30.7. The van der Waals surface area contributed by atoms with Crippen molar-refractivity contribution in [3.8, 4) is 0 Å². The summed E-state index contributed by atoms with van der Waals surface area (Å²) >= 11 is 6.16. The van der Waals surface area contributed by atoms with E-state index in [1.807, 2.05) is 13.8 Å². The number of ether oxygens (including phenoxy) is 1. The summed E-state index contributed by atoms with van der Waals surface area (Å²) in [5, 5.41) is 7.95. The maximum atomic E-state index is 15.7. The largest absolute Gasteiger partial charge is 0.417 e. The second-order valence-electron chi connectivity index (χ2n) is 30.3. The number of hydrogen-bond donors (Lipinski definition) is 3. The van der Waals surface area contributed by atoms with Gasteiger partial charge in [-0.2, -0.15) is 26.3 Å². The molecule has 0 radical (unpaired) electrons. The van der Waals surface area contributed by atoms with Gasteiger partial charge in [-0.15, -0.1) is 0 Å². The minimum absolute atomic E-state index is 0.0434. The molecule has 32 heteroatoms. The van der Waals surface area contributed by atoms with Gasteiger partial charge in [0.1, 0.15) is 53.9 Å². The van der Waals surface area contributed by atoms with E-state index in [1.54, 1.807) is 13.8 Å². The van der Waals surface area contributed by atoms with Gasteiger partial charge in [0, 0.05) is 74.9 Å². The highest BCUT2D eigenvalue weighted by Crippen LogP contribution is 2.39. The van der Waals surface area contributed by atoms with E-state index >= 15 is 38.4 Å². The molecule has 107 heavy (non-hydrogen) atoms. The number of carbonyl (C=O) groups excluding carboxylic acids is 12. The Morgan fingerprint density at radius 3 is 1.82 bits per heavy atom. The lowest BCUT2D eigenvalue weighted by Gasteiger charge is -2.42. The van der Waals surface area contributed by atoms with E-state index in [1.165, 1.54) is 71.7 Å². The maximum Gasteiger partial charge on any atom is 0.417 e. The lowest BCUT2D eigenvalue weighted by atomic mass is 9.90. The number of nitrogens with zero attached hydrogens (tertiary/aromatic N) is 9. The molecule has 3 N–H and O–H groups in total. The van der Waals surface area contributed by atoms with Crippen molar-refractivity contribution in [3.05, 3.63) is 69.7 Å². The Hall–Kier alpha value is -8.09. The van der Waals surface area contributed by atoms with Crippen LogP contribution < -0.4 is 16.0 Å². The van der Waals surface area contributed by atoms with Gasteiger partial charge in [-0.25, -0.2) is 0 Å². The van der Waals surface area contributed by atoms with E-state index in [0.29, 0.717) is 51.4 Å². The number of aryl methyl sites for hydroxylation is 1. The average molecular weight is 1530 g/mol. The van der Waals surface area contributed by atoms with E-state index in [4.69, 9.17) is 16.3 Å². The van der Waals surface area contributed by atoms with Crippen molar-refractivity contribution in [1.29, 1.82) is 0 Å². The van der Waals surface area contributed by atoms with Crippen molar-refractivity contribution in [2.45, 2.75) is 216 Å². The average Bonchev–Trinajstić information content (AvgIpc) is 1.73. The summed E-state index contributed by atoms with van der Waals surface area (Å²) in [6, 6.07) is -4.02. The molecule has 0 aromatic heterocycles. The molecule has 2 bridgehead atoms. The predicted molar refractivity (Wildman–Crippen MR) is 382 cm³/mol. The summed E-state index contributed by atoms with van der Waals surface area (Å²) in [6.07, 6.45) is -6.11. The third-order valence-corrected chi connectivity index (χ3v) is 22.8. The van der Waals surface area contributed by atoms with Crippen molar-refractivity contribution < 1.29 is 88.6 Å². The van der Waals surface area contributed by atoms with Crippen LogP contribution in [0.4, 0.5) is 26.3 Å². The zero-order valence-corrected chi connectivity index (χ0v) is 63.7. The molecule has 2 aromatic rings. The van der Waals surface area contributed by atoms with Gasteiger partial charge in [0.2, 0.25) is 70.9 Å². The molecule has 25 nitrogen and oxygen atoms in total. The first-order valence-corrected chi connectivity index (χ1v) is 37.7. The number of alkyl halides is 6. The van der Waals surface area contributed by atoms with Gasteiger partial charge >= 0.3 is 12.4 Å². The summed E-state index contributed by atoms with van der Waals surface area (Å²) in [4.78, 5) is 192. The van der Waals surface area contributed by atoms with Gasteiger partial charge < -0.3 is 64.8 Å². The van der Waals surface area contributed by atoms with E-state index < -0.39 is 191 Å². The number of amides is 12. The molecule has 8 rings (SSSR count). The van der Waals surface area contributed by atoms with Crippen LogP contribution in [0.2, 0.25) is 5.02 Å². The molecule has 9 atom stereocenters. The second kappa shape index (κ2) is 36.4. The van der Waals surface area contributed by atoms with Gasteiger partial charge in [0.25, 0.3) is 0 Å². The Kier molecular flexibility index (Phi) is 28.8. The zero-order valence-electron chi connectivity index (χ0n) is 63.0. The molecular weight excluding hydrogens is 1430 g/mol. The highest BCUT2D eigenvalue weighted by atomic mass is 35.5. The summed E-state index contributed by atoms with van der Waals surface area (Å²) < 4.78 is 89.2. The Labute approximate surface area is 626 Å². The van der Waals surface area contributed by atoms with Gasteiger partial charge in [0.05, 0.1) is 48.9 Å². The molecule has 4 heterocycles. The smallest absolute Gasteiger partial charge is 0.378 e. The van der Waals surface area contributed by atoms with Crippen molar-refractivity contribution >= 4 is 82.5 Å². The van der Waals surface area contributed by atoms with Gasteiger partial charge in [0.15, 0.2) is 0 Å². The molecule has 12 amide bonds. The molecule has 1 spiro atoms. The molecule has 2 aromatic carbocycles. The first-order valence-electron chi connectivity index (χ1n) is 37.4. The van der Waals surface area contributed by atoms with E-state index in [-0.39, 0.29) is 114 Å². The zero-order chi connectivity index (χ0) is 78.7. The molecule has 6 aliphatic rings. The molecule has 592 valence electrons. The third-order valence-electron chi connectivity index (χ3n) is 22.5. The van der Waals surface area contributed by atoms with Gasteiger partial charge in [-0.3, -0.25) is 57.5 Å². The van der Waals surface area contributed by atoms with Crippen molar-refractivity contribution in [2.24, 2.45) is 17.8 Å². The van der Waals surface area contributed by atoms with E-state index in [2.05, 4.69) is 16.0 Å². The molecular formula is C75H105ClF6N12O13. The van der Waals surface area contributed by atoms with Crippen LogP contribution in [0.1, 0.15) is 159 Å². The summed E-state index contributed by atoms with van der Waals surface area (Å²) in [5.74, 6) is -10.2. The van der Waals surface area contributed by atoms with Crippen LogP contribution in [-0.4, -0.2) is 264 Å². The number of rotatable bonds is 11. The molecule has 4 saturated heterocycles. The fourth-order valence-electron chi connectivity index (χ4n) is 15.9. The SMILES string of the molecule is CC[C@H](C)[C@@H]1NC(=O)[C@H](CC(C)C)N(C)C(=O)C[C@@H](C(=O)N2CCOCC2)N(C)C(=O)[C@H](C2CCCC2)N(C)C(=O)C2(CCCC2)NC(=O)[C@@H]2CCCN2C(=O)[C@H](CCc2ccc(C(F)(F)F)c(Cl)c2)NC(=O)CN(C)C(=O)[C@H](Cc2ccc(C(F)(F)F)cc2)N2CCCC[C@@H](C2=O)N(C)C(=O)CN(C)C1=O. The summed E-state index contributed by atoms with van der Waals surface area (Å²) in [7, 11) is 8.17. The molecule has 0 unspecified atom stereocenters. The van der Waals surface area contributed by atoms with Gasteiger partial charge in [-0.1, -0.05) is 89.6 Å². The van der Waals surface area contributed by atoms with Crippen LogP contribution in [0.25, 0.3) is 0 Å². The summed E-state index contributed by atoms with van der Waals surface area (Å²) in [6.45, 7) is 6.15. The van der Waals surface area contributed by atoms with E-state index in [0.717, 1.165) is 57.2 Å². The lowest BCUT2D eigenvalue weighted by molar-refractivity contribution is -0.157. The Bertz CT molecular complexity index is 3570. The van der Waals surface area contributed by atoms with Crippen LogP contribution in [0.15, 0.2) is 42.5 Å². The number of halogens is 7. The van der Waals surface area contributed by atoms with Crippen LogP contribution in [-0.2, 0) is 87.5 Å². The summed E-state index contributed by atoms with van der Waals surface area (Å²) in [5.41, 5.74) is -3.36. The number of benzene rings is 2. The van der Waals surface area contributed by atoms with E-state index in [9.17, 15) is 45.5 Å². The number of carbonyl (C=O) groups is 12. The monoisotopic (exact) mass is 1530 g/mol. The Balaban J connectivity index is 1.20. The highest BCUT2D eigenvalue weighted by Gasteiger charge is 2.52. The Morgan fingerprint density at radius 2 is 1.21 bits per heavy atom. The number of hydrogen-bond acceptors (Lipinski definition) is 13. The number of likely N-dealkylation sites (N-methyl/N-ethyl adjacent to an activating group) is 6. The number of morpholine rings is 1. The molecule has 2 saturated carbocycles. The van der Waals surface area contributed by atoms with Crippen molar-refractivity contribution in [3.63, 3.8) is 0 Å². The quantitative estimate of drug-likeness (QED) is 0.215. The van der Waals surface area contributed by atoms with Gasteiger partial charge in [-0.05, 0) is 130 Å². The van der Waals surface area contributed by atoms with Crippen LogP contribution in [0.5, 0.6) is 0 Å². The van der Waals surface area contributed by atoms with Crippen molar-refractivity contribution in [2.75, 3.05) is 94.8 Å². The fraction of sp³-hybridized carbons (Fsp3) is 0.680. The first kappa shape index (κ1) is 84.5.